The van der Waals surface area contributed by atoms with E-state index in [1.54, 1.807) is 12.1 Å². The Hall–Kier alpha value is -2.04. The maximum absolute atomic E-state index is 11.9. The van der Waals surface area contributed by atoms with Crippen molar-refractivity contribution in [3.05, 3.63) is 63.7 Å². The number of fused-ring (bicyclic) bond motifs is 1. The van der Waals surface area contributed by atoms with Gasteiger partial charge in [0.2, 0.25) is 0 Å². The lowest BCUT2D eigenvalue weighted by atomic mass is 10.1. The lowest BCUT2D eigenvalue weighted by molar-refractivity contribution is -0.123. The molecule has 0 bridgehead atoms. The summed E-state index contributed by atoms with van der Waals surface area (Å²) in [6, 6.07) is 11.7. The van der Waals surface area contributed by atoms with Crippen LogP contribution in [0.5, 0.6) is 5.75 Å². The number of benzene rings is 2. The Morgan fingerprint density at radius 2 is 2.09 bits per heavy atom. The maximum atomic E-state index is 11.9. The maximum Gasteiger partial charge on any atom is 0.258 e. The van der Waals surface area contributed by atoms with E-state index in [0.717, 1.165) is 24.2 Å². The molecule has 0 aliphatic carbocycles. The summed E-state index contributed by atoms with van der Waals surface area (Å²) in [4.78, 5) is 11.9. The highest BCUT2D eigenvalue weighted by atomic mass is 35.5. The van der Waals surface area contributed by atoms with Crippen LogP contribution in [0.2, 0.25) is 5.02 Å². The second-order valence-electron chi connectivity index (χ2n) is 5.63. The van der Waals surface area contributed by atoms with Gasteiger partial charge in [-0.1, -0.05) is 35.9 Å². The fourth-order valence-electron chi connectivity index (χ4n) is 2.60. The van der Waals surface area contributed by atoms with E-state index in [2.05, 4.69) is 22.8 Å². The van der Waals surface area contributed by atoms with Gasteiger partial charge in [0, 0.05) is 30.2 Å². The van der Waals surface area contributed by atoms with Gasteiger partial charge in [0.15, 0.2) is 6.61 Å². The van der Waals surface area contributed by atoms with E-state index in [1.165, 1.54) is 11.1 Å². The van der Waals surface area contributed by atoms with Crippen molar-refractivity contribution >= 4 is 17.5 Å². The van der Waals surface area contributed by atoms with Gasteiger partial charge in [-0.05, 0) is 35.7 Å². The predicted octanol–water partition coefficient (Wildman–Crippen LogP) is 2.95. The average Bonchev–Trinajstić information content (AvgIpc) is 3.02. The van der Waals surface area contributed by atoms with Crippen molar-refractivity contribution < 1.29 is 9.53 Å². The first-order chi connectivity index (χ1) is 11.1. The third-order valence-electron chi connectivity index (χ3n) is 3.97. The van der Waals surface area contributed by atoms with Crippen molar-refractivity contribution in [3.8, 4) is 5.75 Å². The van der Waals surface area contributed by atoms with Crippen LogP contribution in [0.3, 0.4) is 0 Å². The van der Waals surface area contributed by atoms with Crippen molar-refractivity contribution in [2.75, 3.05) is 6.61 Å². The van der Waals surface area contributed by atoms with Crippen LogP contribution in [0.25, 0.3) is 0 Å². The lowest BCUT2D eigenvalue weighted by Crippen LogP contribution is -2.28. The fourth-order valence-corrected chi connectivity index (χ4v) is 2.76. The molecule has 0 unspecified atom stereocenters. The SMILES string of the molecule is Cc1c(Cl)cccc1OCC(=O)NCc1ccc2c(c1)CNC2. The van der Waals surface area contributed by atoms with Crippen molar-refractivity contribution in [1.29, 1.82) is 0 Å². The molecule has 2 aromatic carbocycles. The standard InChI is InChI=1S/C18H19ClN2O2/c1-12-16(19)3-2-4-17(12)23-11-18(22)21-8-13-5-6-14-9-20-10-15(14)7-13/h2-7,20H,8-11H2,1H3,(H,21,22). The Kier molecular flexibility index (Phi) is 4.84. The highest BCUT2D eigenvalue weighted by Gasteiger charge is 2.11. The molecule has 120 valence electrons. The quantitative estimate of drug-likeness (QED) is 0.886. The van der Waals surface area contributed by atoms with E-state index in [0.29, 0.717) is 17.3 Å². The van der Waals surface area contributed by atoms with Gasteiger partial charge < -0.3 is 15.4 Å². The van der Waals surface area contributed by atoms with Gasteiger partial charge in [0.1, 0.15) is 5.75 Å². The molecule has 23 heavy (non-hydrogen) atoms. The first kappa shape index (κ1) is 15.8. The number of ether oxygens (including phenoxy) is 1. The number of carbonyl (C=O) groups is 1. The Labute approximate surface area is 140 Å². The van der Waals surface area contributed by atoms with Crippen LogP contribution in [0.4, 0.5) is 0 Å². The Bertz CT molecular complexity index is 731. The largest absolute Gasteiger partial charge is 0.483 e. The number of rotatable bonds is 5. The minimum absolute atomic E-state index is 0.0202. The normalized spacial score (nSPS) is 12.8. The summed E-state index contributed by atoms with van der Waals surface area (Å²) in [6.07, 6.45) is 0. The fraction of sp³-hybridized carbons (Fsp3) is 0.278. The molecule has 0 aromatic heterocycles. The van der Waals surface area contributed by atoms with E-state index in [4.69, 9.17) is 16.3 Å². The Morgan fingerprint density at radius 1 is 1.26 bits per heavy atom. The second-order valence-corrected chi connectivity index (χ2v) is 6.04. The molecule has 0 saturated heterocycles. The van der Waals surface area contributed by atoms with Crippen LogP contribution in [-0.4, -0.2) is 12.5 Å². The first-order valence-electron chi connectivity index (χ1n) is 7.59. The number of hydrogen-bond donors (Lipinski definition) is 2. The van der Waals surface area contributed by atoms with Crippen molar-refractivity contribution in [3.63, 3.8) is 0 Å². The Morgan fingerprint density at radius 3 is 2.96 bits per heavy atom. The van der Waals surface area contributed by atoms with Crippen LogP contribution < -0.4 is 15.4 Å². The molecule has 2 N–H and O–H groups in total. The molecule has 0 fully saturated rings. The minimum Gasteiger partial charge on any atom is -0.483 e. The zero-order chi connectivity index (χ0) is 16.2. The lowest BCUT2D eigenvalue weighted by Gasteiger charge is -2.11. The third-order valence-corrected chi connectivity index (χ3v) is 4.38. The van der Waals surface area contributed by atoms with Gasteiger partial charge in [-0.25, -0.2) is 0 Å². The van der Waals surface area contributed by atoms with Gasteiger partial charge in [0.25, 0.3) is 5.91 Å². The van der Waals surface area contributed by atoms with Crippen LogP contribution in [0.1, 0.15) is 22.3 Å². The van der Waals surface area contributed by atoms with E-state index >= 15 is 0 Å². The van der Waals surface area contributed by atoms with Crippen molar-refractivity contribution in [2.24, 2.45) is 0 Å². The highest BCUT2D eigenvalue weighted by molar-refractivity contribution is 6.31. The van der Waals surface area contributed by atoms with Crippen LogP contribution in [0, 0.1) is 6.92 Å². The zero-order valence-electron chi connectivity index (χ0n) is 13.0. The van der Waals surface area contributed by atoms with Gasteiger partial charge in [0.05, 0.1) is 0 Å². The molecule has 5 heteroatoms. The summed E-state index contributed by atoms with van der Waals surface area (Å²) in [5.41, 5.74) is 4.58. The van der Waals surface area contributed by atoms with Gasteiger partial charge in [-0.15, -0.1) is 0 Å². The number of carbonyl (C=O) groups excluding carboxylic acids is 1. The second kappa shape index (κ2) is 7.02. The molecular weight excluding hydrogens is 312 g/mol. The summed E-state index contributed by atoms with van der Waals surface area (Å²) in [6.45, 7) is 4.18. The van der Waals surface area contributed by atoms with Gasteiger partial charge in [-0.2, -0.15) is 0 Å². The molecule has 0 spiro atoms. The van der Waals surface area contributed by atoms with Crippen molar-refractivity contribution in [1.82, 2.24) is 10.6 Å². The van der Waals surface area contributed by atoms with Crippen LogP contribution in [-0.2, 0) is 24.4 Å². The van der Waals surface area contributed by atoms with Gasteiger partial charge >= 0.3 is 0 Å². The minimum atomic E-state index is -0.150. The van der Waals surface area contributed by atoms with Crippen molar-refractivity contribution in [2.45, 2.75) is 26.6 Å². The number of amides is 1. The molecule has 3 rings (SSSR count). The molecule has 4 nitrogen and oxygen atoms in total. The molecule has 1 amide bonds. The molecular formula is C18H19ClN2O2. The molecule has 1 aliphatic heterocycles. The number of halogens is 1. The molecule has 1 heterocycles. The topological polar surface area (TPSA) is 50.4 Å². The van der Waals surface area contributed by atoms with Gasteiger partial charge in [-0.3, -0.25) is 4.79 Å². The summed E-state index contributed by atoms with van der Waals surface area (Å²) in [5, 5.41) is 6.82. The molecule has 0 saturated carbocycles. The Balaban J connectivity index is 1.51. The van der Waals surface area contributed by atoms with Crippen LogP contribution in [0.15, 0.2) is 36.4 Å². The zero-order valence-corrected chi connectivity index (χ0v) is 13.7. The predicted molar refractivity (Wildman–Crippen MR) is 90.5 cm³/mol. The third kappa shape index (κ3) is 3.84. The van der Waals surface area contributed by atoms with E-state index in [9.17, 15) is 4.79 Å². The number of nitrogens with one attached hydrogen (secondary N) is 2. The monoisotopic (exact) mass is 330 g/mol. The molecule has 0 radical (unpaired) electrons. The smallest absolute Gasteiger partial charge is 0.258 e. The summed E-state index contributed by atoms with van der Waals surface area (Å²) in [7, 11) is 0. The summed E-state index contributed by atoms with van der Waals surface area (Å²) in [5.74, 6) is 0.485. The van der Waals surface area contributed by atoms with Crippen LogP contribution >= 0.6 is 11.6 Å². The molecule has 1 aliphatic rings. The average molecular weight is 331 g/mol. The summed E-state index contributed by atoms with van der Waals surface area (Å²) >= 11 is 6.03. The van der Waals surface area contributed by atoms with E-state index < -0.39 is 0 Å². The van der Waals surface area contributed by atoms with E-state index in [-0.39, 0.29) is 12.5 Å². The highest BCUT2D eigenvalue weighted by Crippen LogP contribution is 2.24. The molecule has 2 aromatic rings. The molecule has 0 atom stereocenters. The first-order valence-corrected chi connectivity index (χ1v) is 7.97. The van der Waals surface area contributed by atoms with E-state index in [1.807, 2.05) is 19.1 Å². The summed E-state index contributed by atoms with van der Waals surface area (Å²) < 4.78 is 5.54. The number of hydrogen-bond acceptors (Lipinski definition) is 3.